The fraction of sp³-hybridized carbons (Fsp3) is 0.400. The normalized spacial score (nSPS) is 13.7. The maximum absolute atomic E-state index is 12.1. The molecule has 0 saturated heterocycles. The minimum Gasteiger partial charge on any atom is -0.359 e. The van der Waals surface area contributed by atoms with Gasteiger partial charge in [0.15, 0.2) is 0 Å². The number of nitrogens with one attached hydrogen (secondary N) is 1. The maximum atomic E-state index is 12.1. The fourth-order valence-electron chi connectivity index (χ4n) is 2.50. The number of carbonyl (C=O) groups excluding carboxylic acids is 3. The molecule has 106 valence electrons. The average molecular weight is 274 g/mol. The van der Waals surface area contributed by atoms with Crippen LogP contribution in [0.3, 0.4) is 0 Å². The van der Waals surface area contributed by atoms with Crippen LogP contribution in [0.2, 0.25) is 0 Å². The summed E-state index contributed by atoms with van der Waals surface area (Å²) in [6.45, 7) is 4.10. The molecule has 0 unspecified atom stereocenters. The van der Waals surface area contributed by atoms with Gasteiger partial charge in [-0.1, -0.05) is 12.1 Å². The topological polar surface area (TPSA) is 66.5 Å². The first-order valence-corrected chi connectivity index (χ1v) is 6.64. The highest BCUT2D eigenvalue weighted by atomic mass is 16.2. The lowest BCUT2D eigenvalue weighted by Gasteiger charge is -2.18. The molecule has 0 aromatic heterocycles. The number of hydrogen-bond donors (Lipinski definition) is 1. The summed E-state index contributed by atoms with van der Waals surface area (Å²) in [7, 11) is 1.58. The second kappa shape index (κ2) is 5.45. The van der Waals surface area contributed by atoms with Gasteiger partial charge in [0.05, 0.1) is 11.3 Å². The number of ketones is 1. The van der Waals surface area contributed by atoms with Crippen molar-refractivity contribution in [2.24, 2.45) is 0 Å². The van der Waals surface area contributed by atoms with Crippen molar-refractivity contribution in [1.82, 2.24) is 5.32 Å². The predicted molar refractivity (Wildman–Crippen MR) is 75.9 cm³/mol. The standard InChI is InChI=1S/C15H18N2O3/c1-9-6-7-10(2)13-12(9)14(19)15(20)17(13)8-4-5-11(18)16-3/h6-7H,4-5,8H2,1-3H3,(H,16,18). The van der Waals surface area contributed by atoms with Crippen LogP contribution in [0.1, 0.15) is 34.3 Å². The van der Waals surface area contributed by atoms with Crippen molar-refractivity contribution >= 4 is 23.3 Å². The van der Waals surface area contributed by atoms with Gasteiger partial charge in [-0.15, -0.1) is 0 Å². The van der Waals surface area contributed by atoms with Crippen LogP contribution in [-0.4, -0.2) is 31.2 Å². The van der Waals surface area contributed by atoms with Crippen molar-refractivity contribution in [3.63, 3.8) is 0 Å². The zero-order chi connectivity index (χ0) is 14.9. The van der Waals surface area contributed by atoms with Crippen molar-refractivity contribution in [2.45, 2.75) is 26.7 Å². The third-order valence-electron chi connectivity index (χ3n) is 3.59. The Hall–Kier alpha value is -2.17. The van der Waals surface area contributed by atoms with Gasteiger partial charge in [-0.25, -0.2) is 0 Å². The predicted octanol–water partition coefficient (Wildman–Crippen LogP) is 1.36. The molecule has 1 aliphatic heterocycles. The molecule has 0 spiro atoms. The summed E-state index contributed by atoms with van der Waals surface area (Å²) in [4.78, 5) is 36.9. The number of nitrogens with zero attached hydrogens (tertiary/aromatic N) is 1. The smallest absolute Gasteiger partial charge is 0.299 e. The Labute approximate surface area is 118 Å². The summed E-state index contributed by atoms with van der Waals surface area (Å²) >= 11 is 0. The lowest BCUT2D eigenvalue weighted by Crippen LogP contribution is -2.31. The van der Waals surface area contributed by atoms with E-state index in [0.29, 0.717) is 30.6 Å². The number of Topliss-reactive ketones (excluding diaryl/α,β-unsaturated/α-hetero) is 1. The lowest BCUT2D eigenvalue weighted by molar-refractivity contribution is -0.121. The maximum Gasteiger partial charge on any atom is 0.299 e. The Balaban J connectivity index is 2.25. The minimum atomic E-state index is -0.491. The second-order valence-corrected chi connectivity index (χ2v) is 4.99. The second-order valence-electron chi connectivity index (χ2n) is 4.99. The molecule has 1 aliphatic rings. The van der Waals surface area contributed by atoms with Crippen LogP contribution in [0.4, 0.5) is 5.69 Å². The zero-order valence-electron chi connectivity index (χ0n) is 11.9. The molecule has 1 N–H and O–H groups in total. The van der Waals surface area contributed by atoms with Gasteiger partial charge in [-0.3, -0.25) is 14.4 Å². The lowest BCUT2D eigenvalue weighted by atomic mass is 10.0. The number of rotatable bonds is 4. The molecule has 0 radical (unpaired) electrons. The van der Waals surface area contributed by atoms with E-state index in [4.69, 9.17) is 0 Å². The summed E-state index contributed by atoms with van der Waals surface area (Å²) in [5, 5.41) is 2.54. The Kier molecular flexibility index (Phi) is 3.88. The van der Waals surface area contributed by atoms with Gasteiger partial charge in [-0.05, 0) is 31.4 Å². The van der Waals surface area contributed by atoms with E-state index in [0.717, 1.165) is 11.1 Å². The van der Waals surface area contributed by atoms with E-state index in [2.05, 4.69) is 5.32 Å². The van der Waals surface area contributed by atoms with Crippen LogP contribution in [0.5, 0.6) is 0 Å². The number of carbonyl (C=O) groups is 3. The number of fused-ring (bicyclic) bond motifs is 1. The van der Waals surface area contributed by atoms with E-state index in [1.54, 1.807) is 7.05 Å². The summed E-state index contributed by atoms with van der Waals surface area (Å²) in [5.74, 6) is -1.00. The van der Waals surface area contributed by atoms with Crippen molar-refractivity contribution < 1.29 is 14.4 Å². The van der Waals surface area contributed by atoms with Crippen molar-refractivity contribution in [1.29, 1.82) is 0 Å². The van der Waals surface area contributed by atoms with E-state index in [-0.39, 0.29) is 5.91 Å². The van der Waals surface area contributed by atoms with Crippen LogP contribution in [0.15, 0.2) is 12.1 Å². The number of aryl methyl sites for hydroxylation is 2. The SMILES string of the molecule is CNC(=O)CCCN1C(=O)C(=O)c2c(C)ccc(C)c21. The zero-order valence-corrected chi connectivity index (χ0v) is 11.9. The molecule has 1 aromatic carbocycles. The molecule has 0 saturated carbocycles. The molecule has 0 bridgehead atoms. The first kappa shape index (κ1) is 14.2. The first-order chi connectivity index (χ1) is 9.47. The highest BCUT2D eigenvalue weighted by molar-refractivity contribution is 6.52. The molecule has 0 fully saturated rings. The highest BCUT2D eigenvalue weighted by Gasteiger charge is 2.37. The van der Waals surface area contributed by atoms with Gasteiger partial charge in [0.25, 0.3) is 11.7 Å². The van der Waals surface area contributed by atoms with E-state index >= 15 is 0 Å². The van der Waals surface area contributed by atoms with Gasteiger partial charge in [-0.2, -0.15) is 0 Å². The number of benzene rings is 1. The van der Waals surface area contributed by atoms with Gasteiger partial charge in [0.1, 0.15) is 0 Å². The third-order valence-corrected chi connectivity index (χ3v) is 3.59. The van der Waals surface area contributed by atoms with Crippen LogP contribution < -0.4 is 10.2 Å². The van der Waals surface area contributed by atoms with Crippen LogP contribution in [0.25, 0.3) is 0 Å². The molecule has 5 nitrogen and oxygen atoms in total. The van der Waals surface area contributed by atoms with Gasteiger partial charge in [0, 0.05) is 20.0 Å². The molecule has 2 amide bonds. The van der Waals surface area contributed by atoms with Crippen molar-refractivity contribution in [3.05, 3.63) is 28.8 Å². The molecule has 5 heteroatoms. The van der Waals surface area contributed by atoms with E-state index in [1.807, 2.05) is 26.0 Å². The fourth-order valence-corrected chi connectivity index (χ4v) is 2.50. The summed E-state index contributed by atoms with van der Waals surface area (Å²) in [6, 6.07) is 3.76. The molecule has 2 rings (SSSR count). The minimum absolute atomic E-state index is 0.0656. The number of hydrogen-bond acceptors (Lipinski definition) is 3. The Morgan fingerprint density at radius 3 is 2.50 bits per heavy atom. The Morgan fingerprint density at radius 2 is 1.85 bits per heavy atom. The molecule has 1 aromatic rings. The summed E-state index contributed by atoms with van der Waals surface area (Å²) in [6.07, 6.45) is 0.875. The average Bonchev–Trinajstić information content (AvgIpc) is 2.68. The summed E-state index contributed by atoms with van der Waals surface area (Å²) < 4.78 is 0. The van der Waals surface area contributed by atoms with E-state index in [1.165, 1.54) is 4.90 Å². The Morgan fingerprint density at radius 1 is 1.20 bits per heavy atom. The molecule has 0 atom stereocenters. The van der Waals surface area contributed by atoms with Crippen LogP contribution in [-0.2, 0) is 9.59 Å². The van der Waals surface area contributed by atoms with E-state index in [9.17, 15) is 14.4 Å². The van der Waals surface area contributed by atoms with Gasteiger partial charge >= 0.3 is 0 Å². The largest absolute Gasteiger partial charge is 0.359 e. The Bertz CT molecular complexity index is 593. The van der Waals surface area contributed by atoms with Gasteiger partial charge < -0.3 is 10.2 Å². The van der Waals surface area contributed by atoms with Crippen LogP contribution in [0, 0.1) is 13.8 Å². The van der Waals surface area contributed by atoms with E-state index < -0.39 is 11.7 Å². The highest BCUT2D eigenvalue weighted by Crippen LogP contribution is 2.34. The van der Waals surface area contributed by atoms with Crippen LogP contribution >= 0.6 is 0 Å². The molecular weight excluding hydrogens is 256 g/mol. The molecule has 0 aliphatic carbocycles. The summed E-state index contributed by atoms with van der Waals surface area (Å²) in [5.41, 5.74) is 2.94. The molecule has 20 heavy (non-hydrogen) atoms. The first-order valence-electron chi connectivity index (χ1n) is 6.64. The quantitative estimate of drug-likeness (QED) is 0.843. The van der Waals surface area contributed by atoms with Crippen molar-refractivity contribution in [3.8, 4) is 0 Å². The molecule has 1 heterocycles. The van der Waals surface area contributed by atoms with Gasteiger partial charge in [0.2, 0.25) is 5.91 Å². The molecular formula is C15H18N2O3. The monoisotopic (exact) mass is 274 g/mol. The number of anilines is 1. The third kappa shape index (κ3) is 2.31. The number of amides is 2. The van der Waals surface area contributed by atoms with Crippen molar-refractivity contribution in [2.75, 3.05) is 18.5 Å².